The lowest BCUT2D eigenvalue weighted by Gasteiger charge is -2.01. The Hall–Kier alpha value is 0.0700. The van der Waals surface area contributed by atoms with Gasteiger partial charge in [0.2, 0.25) is 0 Å². The monoisotopic (exact) mass is 130 g/mol. The highest BCUT2D eigenvalue weighted by molar-refractivity contribution is 6.23. The molecule has 0 N–H and O–H groups in total. The Morgan fingerprint density at radius 3 is 2.14 bits per heavy atom. The maximum Gasteiger partial charge on any atom is 0.402 e. The minimum Gasteiger partial charge on any atom is -0.171 e. The molecule has 7 heavy (non-hydrogen) atoms. The topological polar surface area (TPSA) is 29.1 Å². The first-order valence-electron chi connectivity index (χ1n) is 1.26. The van der Waals surface area contributed by atoms with Gasteiger partial charge < -0.3 is 0 Å². The maximum absolute atomic E-state index is 11.2. The standard InChI is InChI=1S/C2HClF2O2/c3-1-2(4,5)7-6/h1H. The van der Waals surface area contributed by atoms with Crippen molar-refractivity contribution in [2.45, 2.75) is 6.11 Å². The van der Waals surface area contributed by atoms with Crippen LogP contribution >= 0.6 is 11.6 Å². The first-order chi connectivity index (χ1) is 3.12. The molecular weight excluding hydrogens is 129 g/mol. The Morgan fingerprint density at radius 2 is 2.14 bits per heavy atom. The summed E-state index contributed by atoms with van der Waals surface area (Å²) < 4.78 is 22.3. The van der Waals surface area contributed by atoms with Gasteiger partial charge in [0.05, 0.1) is 0 Å². The third-order valence-electron chi connectivity index (χ3n) is 0.238. The summed E-state index contributed by atoms with van der Waals surface area (Å²) in [6.45, 7) is 0. The smallest absolute Gasteiger partial charge is 0.171 e. The zero-order chi connectivity index (χ0) is 5.91. The van der Waals surface area contributed by atoms with Crippen LogP contribution in [0.15, 0.2) is 0 Å². The molecule has 42 valence electrons. The van der Waals surface area contributed by atoms with Gasteiger partial charge in [-0.15, -0.1) is 16.5 Å². The van der Waals surface area contributed by atoms with Gasteiger partial charge in [0.25, 0.3) is 0 Å². The third-order valence-corrected chi connectivity index (χ3v) is 0.492. The van der Waals surface area contributed by atoms with E-state index in [1.807, 2.05) is 0 Å². The second-order valence-electron chi connectivity index (χ2n) is 0.754. The molecule has 0 aromatic rings. The summed E-state index contributed by atoms with van der Waals surface area (Å²) in [5, 5.41) is 8.82. The molecule has 5 heteroatoms. The second kappa shape index (κ2) is 2.40. The Kier molecular flexibility index (Phi) is 2.42. The highest BCUT2D eigenvalue weighted by atomic mass is 35.5. The van der Waals surface area contributed by atoms with E-state index in [9.17, 15) is 8.78 Å². The van der Waals surface area contributed by atoms with Gasteiger partial charge >= 0.3 is 6.11 Å². The van der Waals surface area contributed by atoms with E-state index < -0.39 is 6.11 Å². The molecule has 0 rings (SSSR count). The molecule has 0 aromatic heterocycles. The van der Waals surface area contributed by atoms with Crippen molar-refractivity contribution in [3.8, 4) is 0 Å². The second-order valence-corrected chi connectivity index (χ2v) is 0.972. The molecule has 0 saturated heterocycles. The van der Waals surface area contributed by atoms with Gasteiger partial charge in [-0.1, -0.05) is 0 Å². The average molecular weight is 130 g/mol. The van der Waals surface area contributed by atoms with Gasteiger partial charge in [-0.2, -0.15) is 8.78 Å². The number of hydrogen-bond acceptors (Lipinski definition) is 1. The van der Waals surface area contributed by atoms with E-state index in [1.165, 1.54) is 0 Å². The molecule has 0 spiro atoms. The van der Waals surface area contributed by atoms with Gasteiger partial charge in [-0.3, -0.25) is 0 Å². The van der Waals surface area contributed by atoms with Crippen molar-refractivity contribution in [2.24, 2.45) is 0 Å². The molecule has 0 amide bonds. The fourth-order valence-corrected chi connectivity index (χ4v) is 0.0546. The van der Waals surface area contributed by atoms with Crippen LogP contribution in [0.25, 0.3) is 0 Å². The number of alkyl halides is 2. The minimum atomic E-state index is -3.83. The maximum atomic E-state index is 11.2. The van der Waals surface area contributed by atoms with Crippen LogP contribution in [0.1, 0.15) is 0 Å². The number of halogens is 3. The summed E-state index contributed by atoms with van der Waals surface area (Å²) in [5.41, 5.74) is 0. The third kappa shape index (κ3) is 2.73. The molecule has 0 saturated carbocycles. The fraction of sp³-hybridized carbons (Fsp3) is 0.500. The van der Waals surface area contributed by atoms with E-state index in [1.54, 1.807) is 0 Å². The SMILES string of the molecule is [O]OC(F)(F)[CH]Cl. The molecule has 0 fully saturated rings. The van der Waals surface area contributed by atoms with E-state index in [-0.39, 0.29) is 5.88 Å². The molecule has 2 nitrogen and oxygen atoms in total. The van der Waals surface area contributed by atoms with Gasteiger partial charge in [-0.25, -0.2) is 0 Å². The molecule has 0 unspecified atom stereocenters. The van der Waals surface area contributed by atoms with Crippen LogP contribution in [0.3, 0.4) is 0 Å². The summed E-state index contributed by atoms with van der Waals surface area (Å²) >= 11 is 4.39. The van der Waals surface area contributed by atoms with Crippen molar-refractivity contribution in [2.75, 3.05) is 0 Å². The summed E-state index contributed by atoms with van der Waals surface area (Å²) in [6, 6.07) is 0. The molecule has 0 aromatic carbocycles. The van der Waals surface area contributed by atoms with Crippen LogP contribution in [0.4, 0.5) is 8.78 Å². The van der Waals surface area contributed by atoms with Crippen LogP contribution in [0.5, 0.6) is 0 Å². The van der Waals surface area contributed by atoms with Crippen molar-refractivity contribution in [3.63, 3.8) is 0 Å². The quantitative estimate of drug-likeness (QED) is 0.410. The summed E-state index contributed by atoms with van der Waals surface area (Å²) in [5.74, 6) is -0.153. The molecule has 0 atom stereocenters. The van der Waals surface area contributed by atoms with Crippen LogP contribution in [-0.2, 0) is 10.1 Å². The average Bonchev–Trinajstić information content (AvgIpc) is 1.68. The van der Waals surface area contributed by atoms with Crippen LogP contribution in [0, 0.1) is 5.88 Å². The molecule has 0 heterocycles. The molecule has 0 aliphatic rings. The van der Waals surface area contributed by atoms with E-state index in [0.717, 1.165) is 0 Å². The van der Waals surface area contributed by atoms with Crippen molar-refractivity contribution in [1.29, 1.82) is 0 Å². The molecular formula is C2HClF2O2. The number of rotatable bonds is 2. The lowest BCUT2D eigenvalue weighted by atomic mass is 10.8. The van der Waals surface area contributed by atoms with E-state index in [0.29, 0.717) is 0 Å². The lowest BCUT2D eigenvalue weighted by molar-refractivity contribution is -0.435. The Bertz CT molecular complexity index is 51.7. The number of hydrogen-bond donors (Lipinski definition) is 0. The predicted octanol–water partition coefficient (Wildman–Crippen LogP) is 1.34. The lowest BCUT2D eigenvalue weighted by Crippen LogP contribution is -2.15. The first-order valence-corrected chi connectivity index (χ1v) is 1.69. The zero-order valence-corrected chi connectivity index (χ0v) is 3.78. The minimum absolute atomic E-state index is 0.153. The van der Waals surface area contributed by atoms with Crippen LogP contribution < -0.4 is 0 Å². The Morgan fingerprint density at radius 1 is 1.71 bits per heavy atom. The Labute approximate surface area is 43.6 Å². The van der Waals surface area contributed by atoms with Crippen molar-refractivity contribution < 1.29 is 18.9 Å². The van der Waals surface area contributed by atoms with E-state index >= 15 is 0 Å². The van der Waals surface area contributed by atoms with Crippen molar-refractivity contribution >= 4 is 11.6 Å². The highest BCUT2D eigenvalue weighted by Gasteiger charge is 2.30. The fourth-order valence-electron chi connectivity index (χ4n) is 0.0182. The molecule has 0 bridgehead atoms. The summed E-state index contributed by atoms with van der Waals surface area (Å²) in [6.07, 6.45) is -3.83. The van der Waals surface area contributed by atoms with Crippen LogP contribution in [-0.4, -0.2) is 6.11 Å². The largest absolute Gasteiger partial charge is 0.402 e. The van der Waals surface area contributed by atoms with Crippen LogP contribution in [0.2, 0.25) is 0 Å². The molecule has 2 radical (unpaired) electrons. The predicted molar refractivity (Wildman–Crippen MR) is 16.9 cm³/mol. The van der Waals surface area contributed by atoms with Crippen molar-refractivity contribution in [1.82, 2.24) is 0 Å². The Balaban J connectivity index is 3.36. The van der Waals surface area contributed by atoms with Gasteiger partial charge in [0.1, 0.15) is 0 Å². The summed E-state index contributed by atoms with van der Waals surface area (Å²) in [7, 11) is 0. The highest BCUT2D eigenvalue weighted by Crippen LogP contribution is 2.18. The first kappa shape index (κ1) is 7.07. The van der Waals surface area contributed by atoms with E-state index in [2.05, 4.69) is 16.5 Å². The molecule has 0 aliphatic carbocycles. The normalized spacial score (nSPS) is 12.0. The summed E-state index contributed by atoms with van der Waals surface area (Å²) in [4.78, 5) is 2.32. The van der Waals surface area contributed by atoms with Gasteiger partial charge in [0, 0.05) is 0 Å². The van der Waals surface area contributed by atoms with Crippen molar-refractivity contribution in [3.05, 3.63) is 5.88 Å². The van der Waals surface area contributed by atoms with Gasteiger partial charge in [-0.05, 0) is 5.26 Å². The zero-order valence-electron chi connectivity index (χ0n) is 3.03. The van der Waals surface area contributed by atoms with E-state index in [4.69, 9.17) is 5.26 Å². The molecule has 0 aliphatic heterocycles. The van der Waals surface area contributed by atoms with Gasteiger partial charge in [0.15, 0.2) is 5.88 Å².